The molecule has 112 valence electrons. The standard InChI is InChI=1S/C18H12F4/c19-13-7-8(14(20)16(22)15(13)21)10-6-5-9(7)17-3-1-2-4-18(10,17)12(6)11(5)17/h1-2,5-6,9-12H,3-4H2. The van der Waals surface area contributed by atoms with Crippen molar-refractivity contribution in [1.82, 2.24) is 0 Å². The van der Waals surface area contributed by atoms with Gasteiger partial charge < -0.3 is 0 Å². The molecule has 0 amide bonds. The topological polar surface area (TPSA) is 0 Å². The zero-order valence-electron chi connectivity index (χ0n) is 11.5. The highest BCUT2D eigenvalue weighted by molar-refractivity contribution is 5.63. The van der Waals surface area contributed by atoms with Crippen molar-refractivity contribution in [3.63, 3.8) is 0 Å². The number of hydrogen-bond acceptors (Lipinski definition) is 0. The van der Waals surface area contributed by atoms with Gasteiger partial charge in [0.25, 0.3) is 0 Å². The lowest BCUT2D eigenvalue weighted by Crippen LogP contribution is -2.98. The number of benzene rings is 1. The van der Waals surface area contributed by atoms with E-state index >= 15 is 0 Å². The van der Waals surface area contributed by atoms with E-state index in [2.05, 4.69) is 12.2 Å². The van der Waals surface area contributed by atoms with Crippen LogP contribution in [0, 0.1) is 57.8 Å². The van der Waals surface area contributed by atoms with Crippen LogP contribution in [0.3, 0.4) is 0 Å². The Morgan fingerprint density at radius 1 is 0.682 bits per heavy atom. The largest absolute Gasteiger partial charge is 0.203 e. The molecular weight excluding hydrogens is 292 g/mol. The van der Waals surface area contributed by atoms with E-state index in [4.69, 9.17) is 0 Å². The fourth-order valence-corrected chi connectivity index (χ4v) is 8.60. The van der Waals surface area contributed by atoms with Crippen LogP contribution in [0.4, 0.5) is 17.6 Å². The van der Waals surface area contributed by atoms with Gasteiger partial charge in [-0.05, 0) is 59.2 Å². The minimum absolute atomic E-state index is 0.0288. The molecule has 2 spiro atoms. The van der Waals surface area contributed by atoms with Crippen LogP contribution in [0.25, 0.3) is 0 Å². The summed E-state index contributed by atoms with van der Waals surface area (Å²) in [4.78, 5) is 0. The molecule has 0 nitrogen and oxygen atoms in total. The highest BCUT2D eigenvalue weighted by Gasteiger charge is 3.01. The van der Waals surface area contributed by atoms with Gasteiger partial charge in [0.05, 0.1) is 0 Å². The van der Waals surface area contributed by atoms with Crippen LogP contribution < -0.4 is 0 Å². The van der Waals surface area contributed by atoms with Gasteiger partial charge in [0, 0.05) is 11.1 Å². The van der Waals surface area contributed by atoms with E-state index in [-0.39, 0.29) is 33.8 Å². The molecule has 0 aliphatic heterocycles. The second-order valence-electron chi connectivity index (χ2n) is 8.21. The zero-order chi connectivity index (χ0) is 14.8. The highest BCUT2D eigenvalue weighted by Crippen LogP contribution is 3.06. The molecule has 0 radical (unpaired) electrons. The molecular formula is C18H12F4. The van der Waals surface area contributed by atoms with Gasteiger partial charge in [-0.3, -0.25) is 0 Å². The molecule has 22 heavy (non-hydrogen) atoms. The summed E-state index contributed by atoms with van der Waals surface area (Å²) in [5.74, 6) is -3.58. The molecule has 8 rings (SSSR count). The first-order chi connectivity index (χ1) is 10.6. The highest BCUT2D eigenvalue weighted by atomic mass is 19.2. The Morgan fingerprint density at radius 3 is 1.50 bits per heavy atom. The Morgan fingerprint density at radius 2 is 1.09 bits per heavy atom. The first-order valence-electron chi connectivity index (χ1n) is 8.09. The maximum atomic E-state index is 14.5. The predicted molar refractivity (Wildman–Crippen MR) is 69.0 cm³/mol. The Hall–Kier alpha value is -1.32. The molecule has 4 saturated carbocycles. The SMILES string of the molecule is Fc1c(F)c(F)c2c(c1F)C1C3C4C2C25CC=CCC12C3C45. The average molecular weight is 304 g/mol. The van der Waals surface area contributed by atoms with Crippen molar-refractivity contribution in [2.45, 2.75) is 24.7 Å². The van der Waals surface area contributed by atoms with Gasteiger partial charge in [0.15, 0.2) is 23.3 Å². The molecule has 1 aromatic rings. The second-order valence-corrected chi connectivity index (χ2v) is 8.21. The predicted octanol–water partition coefficient (Wildman–Crippen LogP) is 4.27. The van der Waals surface area contributed by atoms with Gasteiger partial charge in [0.1, 0.15) is 0 Å². The molecule has 8 atom stereocenters. The molecule has 0 heterocycles. The maximum Gasteiger partial charge on any atom is 0.197 e. The summed E-state index contributed by atoms with van der Waals surface area (Å²) in [6.07, 6.45) is 6.12. The van der Waals surface area contributed by atoms with Crippen molar-refractivity contribution in [3.05, 3.63) is 46.5 Å². The first-order valence-corrected chi connectivity index (χ1v) is 8.09. The molecule has 4 heteroatoms. The average Bonchev–Trinajstić information content (AvgIpc) is 2.50. The van der Waals surface area contributed by atoms with Crippen LogP contribution in [0.5, 0.6) is 0 Å². The fraction of sp³-hybridized carbons (Fsp3) is 0.556. The smallest absolute Gasteiger partial charge is 0.197 e. The fourth-order valence-electron chi connectivity index (χ4n) is 8.60. The lowest BCUT2D eigenvalue weighted by Gasteiger charge is -3.03. The normalized spacial score (nSPS) is 56.0. The second kappa shape index (κ2) is 2.67. The molecule has 0 saturated heterocycles. The van der Waals surface area contributed by atoms with E-state index in [1.54, 1.807) is 0 Å². The van der Waals surface area contributed by atoms with Crippen molar-refractivity contribution in [2.75, 3.05) is 0 Å². The number of halogens is 4. The van der Waals surface area contributed by atoms with E-state index in [1.165, 1.54) is 0 Å². The Balaban J connectivity index is 1.62. The quantitative estimate of drug-likeness (QED) is 0.291. The number of hydrogen-bond donors (Lipinski definition) is 0. The van der Waals surface area contributed by atoms with Gasteiger partial charge in [0.2, 0.25) is 0 Å². The zero-order valence-corrected chi connectivity index (χ0v) is 11.5. The molecule has 7 aliphatic carbocycles. The third kappa shape index (κ3) is 0.625. The molecule has 7 aliphatic rings. The van der Waals surface area contributed by atoms with Crippen LogP contribution in [0.15, 0.2) is 12.2 Å². The minimum Gasteiger partial charge on any atom is -0.203 e. The molecule has 8 unspecified atom stereocenters. The van der Waals surface area contributed by atoms with E-state index in [0.29, 0.717) is 23.7 Å². The molecule has 0 aromatic heterocycles. The van der Waals surface area contributed by atoms with E-state index < -0.39 is 23.3 Å². The van der Waals surface area contributed by atoms with Gasteiger partial charge in [-0.25, -0.2) is 17.6 Å². The third-order valence-electron chi connectivity index (χ3n) is 8.64. The van der Waals surface area contributed by atoms with Crippen LogP contribution in [-0.2, 0) is 0 Å². The van der Waals surface area contributed by atoms with E-state index in [1.807, 2.05) is 0 Å². The first kappa shape index (κ1) is 11.3. The van der Waals surface area contributed by atoms with Crippen molar-refractivity contribution >= 4 is 0 Å². The summed E-state index contributed by atoms with van der Waals surface area (Å²) in [7, 11) is 0. The van der Waals surface area contributed by atoms with E-state index in [9.17, 15) is 17.6 Å². The Kier molecular flexibility index (Phi) is 1.37. The lowest BCUT2D eigenvalue weighted by molar-refractivity contribution is -0.516. The van der Waals surface area contributed by atoms with Crippen molar-refractivity contribution in [2.24, 2.45) is 34.5 Å². The molecule has 4 fully saturated rings. The molecule has 0 N–H and O–H groups in total. The Bertz CT molecular complexity index is 788. The summed E-state index contributed by atoms with van der Waals surface area (Å²) in [5.41, 5.74) is 0.452. The summed E-state index contributed by atoms with van der Waals surface area (Å²) in [6.45, 7) is 0. The minimum atomic E-state index is -1.62. The van der Waals surface area contributed by atoms with E-state index in [0.717, 1.165) is 12.8 Å². The van der Waals surface area contributed by atoms with Crippen molar-refractivity contribution in [1.29, 1.82) is 0 Å². The molecule has 1 aromatic carbocycles. The van der Waals surface area contributed by atoms with Crippen molar-refractivity contribution in [3.8, 4) is 0 Å². The lowest BCUT2D eigenvalue weighted by atomic mass is 9.00. The summed E-state index contributed by atoms with van der Waals surface area (Å²) in [5, 5.41) is 0. The maximum absolute atomic E-state index is 14.5. The number of rotatable bonds is 0. The van der Waals surface area contributed by atoms with Crippen LogP contribution in [-0.4, -0.2) is 0 Å². The van der Waals surface area contributed by atoms with Crippen LogP contribution in [0.2, 0.25) is 0 Å². The van der Waals surface area contributed by atoms with Gasteiger partial charge in [-0.1, -0.05) is 12.2 Å². The van der Waals surface area contributed by atoms with Crippen LogP contribution >= 0.6 is 0 Å². The monoisotopic (exact) mass is 304 g/mol. The summed E-state index contributed by atoms with van der Waals surface area (Å²) >= 11 is 0. The Labute approximate surface area is 124 Å². The van der Waals surface area contributed by atoms with Crippen LogP contribution in [0.1, 0.15) is 35.8 Å². The van der Waals surface area contributed by atoms with Crippen molar-refractivity contribution < 1.29 is 17.6 Å². The summed E-state index contributed by atoms with van der Waals surface area (Å²) in [6, 6.07) is 0. The van der Waals surface area contributed by atoms with Gasteiger partial charge in [-0.2, -0.15) is 0 Å². The summed E-state index contributed by atoms with van der Waals surface area (Å²) < 4.78 is 56.5. The molecule has 2 bridgehead atoms. The van der Waals surface area contributed by atoms with Gasteiger partial charge >= 0.3 is 0 Å². The number of allylic oxidation sites excluding steroid dienone is 2. The van der Waals surface area contributed by atoms with Gasteiger partial charge in [-0.15, -0.1) is 0 Å². The third-order valence-corrected chi connectivity index (χ3v) is 8.64.